The van der Waals surface area contributed by atoms with Gasteiger partial charge in [-0.3, -0.25) is 9.69 Å². The van der Waals surface area contributed by atoms with Crippen molar-refractivity contribution < 1.29 is 19.5 Å². The van der Waals surface area contributed by atoms with Crippen molar-refractivity contribution in [2.75, 3.05) is 23.8 Å². The van der Waals surface area contributed by atoms with Crippen molar-refractivity contribution in [2.45, 2.75) is 96.9 Å². The molecule has 4 rings (SSSR count). The third kappa shape index (κ3) is 11.0. The maximum Gasteiger partial charge on any atom is 0.329 e. The summed E-state index contributed by atoms with van der Waals surface area (Å²) in [7, 11) is 1.78. The van der Waals surface area contributed by atoms with Gasteiger partial charge in [-0.25, -0.2) is 9.59 Å². The molecule has 2 amide bonds. The van der Waals surface area contributed by atoms with E-state index in [1.165, 1.54) is 19.3 Å². The second-order valence-electron chi connectivity index (χ2n) is 14.0. The lowest BCUT2D eigenvalue weighted by atomic mass is 9.79. The second kappa shape index (κ2) is 20.2. The van der Waals surface area contributed by atoms with E-state index < -0.39 is 11.5 Å². The van der Waals surface area contributed by atoms with Crippen LogP contribution < -0.4 is 15.5 Å². The number of hydrogen-bond acceptors (Lipinski definition) is 4. The van der Waals surface area contributed by atoms with Crippen LogP contribution in [0.4, 0.5) is 16.2 Å². The fraction of sp³-hybridized carbons (Fsp3) is 0.400. The van der Waals surface area contributed by atoms with Crippen molar-refractivity contribution in [1.29, 1.82) is 0 Å². The van der Waals surface area contributed by atoms with E-state index in [2.05, 4.69) is 31.4 Å². The summed E-state index contributed by atoms with van der Waals surface area (Å²) in [6, 6.07) is 32.1. The van der Waals surface area contributed by atoms with Gasteiger partial charge in [0.25, 0.3) is 0 Å². The summed E-state index contributed by atoms with van der Waals surface area (Å²) in [5, 5.41) is 17.5. The zero-order chi connectivity index (χ0) is 37.3. The van der Waals surface area contributed by atoms with Crippen molar-refractivity contribution in [3.63, 3.8) is 0 Å². The number of aliphatic carboxylic acids is 1. The first-order valence-electron chi connectivity index (χ1n) is 19.1. The summed E-state index contributed by atoms with van der Waals surface area (Å²) in [5.41, 5.74) is 3.76. The minimum Gasteiger partial charge on any atom is -0.479 e. The van der Waals surface area contributed by atoms with Crippen LogP contribution in [0.3, 0.4) is 0 Å². The molecule has 52 heavy (non-hydrogen) atoms. The van der Waals surface area contributed by atoms with Crippen molar-refractivity contribution in [2.24, 2.45) is 5.92 Å². The molecule has 0 aliphatic heterocycles. The minimum atomic E-state index is -1.35. The number of amides is 2. The zero-order valence-electron chi connectivity index (χ0n) is 31.5. The number of carboxylic acid groups (broad SMARTS) is 1. The molecule has 0 heterocycles. The molecule has 0 aliphatic carbocycles. The lowest BCUT2D eigenvalue weighted by Gasteiger charge is -2.35. The lowest BCUT2D eigenvalue weighted by molar-refractivity contribution is -0.143. The van der Waals surface area contributed by atoms with Gasteiger partial charge in [0, 0.05) is 42.5 Å². The van der Waals surface area contributed by atoms with Gasteiger partial charge in [0.2, 0.25) is 0 Å². The largest absolute Gasteiger partial charge is 0.479 e. The van der Waals surface area contributed by atoms with Crippen LogP contribution in [0.2, 0.25) is 0 Å². The van der Waals surface area contributed by atoms with Crippen LogP contribution in [0.1, 0.15) is 106 Å². The molecular weight excluding hydrogens is 647 g/mol. The molecule has 1 unspecified atom stereocenters. The van der Waals surface area contributed by atoms with Gasteiger partial charge in [-0.15, -0.1) is 0 Å². The Morgan fingerprint density at radius 3 is 2.13 bits per heavy atom. The van der Waals surface area contributed by atoms with Crippen molar-refractivity contribution in [3.05, 3.63) is 120 Å². The Hall–Kier alpha value is -4.91. The normalized spacial score (nSPS) is 12.8. The Kier molecular flexibility index (Phi) is 15.5. The Bertz CT molecular complexity index is 1720. The number of urea groups is 1. The third-order valence-electron chi connectivity index (χ3n) is 10.1. The Labute approximate surface area is 310 Å². The van der Waals surface area contributed by atoms with Gasteiger partial charge in [0.1, 0.15) is 5.54 Å². The molecule has 4 aromatic carbocycles. The average molecular weight is 704 g/mol. The monoisotopic (exact) mass is 703 g/mol. The van der Waals surface area contributed by atoms with Crippen LogP contribution in [-0.4, -0.2) is 42.0 Å². The number of hydrogen-bond donors (Lipinski definition) is 3. The number of ketones is 1. The van der Waals surface area contributed by atoms with E-state index in [9.17, 15) is 19.5 Å². The first kappa shape index (κ1) is 39.9. The molecule has 0 saturated heterocycles. The number of carbonyl (C=O) groups excluding carboxylic acids is 2. The van der Waals surface area contributed by atoms with Crippen molar-refractivity contribution in [1.82, 2.24) is 5.32 Å². The zero-order valence-corrected chi connectivity index (χ0v) is 31.5. The van der Waals surface area contributed by atoms with Gasteiger partial charge in [-0.05, 0) is 59.7 Å². The molecular formula is C45H57N3O4. The van der Waals surface area contributed by atoms with E-state index in [0.29, 0.717) is 29.8 Å². The summed E-state index contributed by atoms with van der Waals surface area (Å²) in [4.78, 5) is 41.7. The van der Waals surface area contributed by atoms with E-state index in [4.69, 9.17) is 0 Å². The molecule has 276 valence electrons. The lowest BCUT2D eigenvalue weighted by Crippen LogP contribution is -2.50. The van der Waals surface area contributed by atoms with Gasteiger partial charge in [-0.2, -0.15) is 0 Å². The molecule has 7 nitrogen and oxygen atoms in total. The van der Waals surface area contributed by atoms with E-state index >= 15 is 0 Å². The second-order valence-corrected chi connectivity index (χ2v) is 14.0. The van der Waals surface area contributed by atoms with Gasteiger partial charge in [-0.1, -0.05) is 151 Å². The number of unbranched alkanes of at least 4 members (excludes halogenated alkanes) is 5. The highest BCUT2D eigenvalue weighted by Gasteiger charge is 2.41. The highest BCUT2D eigenvalue weighted by molar-refractivity contribution is 6.12. The molecule has 0 aliphatic rings. The smallest absolute Gasteiger partial charge is 0.329 e. The summed E-state index contributed by atoms with van der Waals surface area (Å²) >= 11 is 0. The number of rotatable bonds is 21. The van der Waals surface area contributed by atoms with Crippen LogP contribution in [0, 0.1) is 5.92 Å². The highest BCUT2D eigenvalue weighted by atomic mass is 16.4. The molecule has 0 radical (unpaired) electrons. The van der Waals surface area contributed by atoms with Crippen LogP contribution in [0.25, 0.3) is 11.1 Å². The number of nitrogens with zero attached hydrogens (tertiary/aromatic N) is 1. The van der Waals surface area contributed by atoms with Crippen LogP contribution in [-0.2, 0) is 11.2 Å². The first-order chi connectivity index (χ1) is 25.2. The van der Waals surface area contributed by atoms with E-state index in [1.54, 1.807) is 30.1 Å². The number of nitrogens with one attached hydrogen (secondary N) is 2. The Morgan fingerprint density at radius 1 is 0.750 bits per heavy atom. The number of anilines is 2. The molecule has 0 bridgehead atoms. The molecule has 7 heteroatoms. The fourth-order valence-electron chi connectivity index (χ4n) is 6.83. The number of carbonyl (C=O) groups is 3. The Morgan fingerprint density at radius 2 is 1.44 bits per heavy atom. The molecule has 0 spiro atoms. The SMILES string of the molecule is CCCCCCCNC(=O)N(C)c1cccc(-c2ccc(C[C@](CC(CC)CCCC)(Nc3ccccc3C(=O)c3ccccc3)C(=O)O)cc2)c1. The standard InChI is InChI=1S/C45H57N3O4/c1-5-8-10-11-17-30-46-44(52)48(4)39-23-18-22-38(31-39)36-28-26-35(27-29-36)33-45(43(50)51,32-34(7-3)19-9-6-2)47-41-25-16-15-24-40(41)42(49)37-20-13-12-14-21-37/h12-16,18,20-29,31,34,47H,5-11,17,19,30,32-33H2,1-4H3,(H,46,52)(H,50,51)/t34?,45-/m0/s1. The van der Waals surface area contributed by atoms with E-state index in [1.807, 2.05) is 84.9 Å². The predicted molar refractivity (Wildman–Crippen MR) is 214 cm³/mol. The average Bonchev–Trinajstić information content (AvgIpc) is 3.17. The molecule has 0 aromatic heterocycles. The summed E-state index contributed by atoms with van der Waals surface area (Å²) in [6.45, 7) is 7.13. The fourth-order valence-corrected chi connectivity index (χ4v) is 6.83. The highest BCUT2D eigenvalue weighted by Crippen LogP contribution is 2.34. The molecule has 4 aromatic rings. The van der Waals surface area contributed by atoms with Gasteiger partial charge >= 0.3 is 12.0 Å². The minimum absolute atomic E-state index is 0.128. The summed E-state index contributed by atoms with van der Waals surface area (Å²) in [5.74, 6) is -0.903. The maximum absolute atomic E-state index is 13.7. The number of para-hydroxylation sites is 1. The third-order valence-corrected chi connectivity index (χ3v) is 10.1. The Balaban J connectivity index is 1.58. The molecule has 0 saturated carbocycles. The summed E-state index contributed by atoms with van der Waals surface area (Å²) < 4.78 is 0. The van der Waals surface area contributed by atoms with Crippen LogP contribution in [0.5, 0.6) is 0 Å². The summed E-state index contributed by atoms with van der Waals surface area (Å²) in [6.07, 6.45) is 10.2. The molecule has 3 N–H and O–H groups in total. The maximum atomic E-state index is 13.7. The number of carboxylic acids is 1. The van der Waals surface area contributed by atoms with Crippen molar-refractivity contribution in [3.8, 4) is 11.1 Å². The van der Waals surface area contributed by atoms with E-state index in [-0.39, 0.29) is 24.2 Å². The first-order valence-corrected chi connectivity index (χ1v) is 19.1. The molecule has 0 fully saturated rings. The van der Waals surface area contributed by atoms with Crippen molar-refractivity contribution >= 4 is 29.2 Å². The van der Waals surface area contributed by atoms with Crippen LogP contribution >= 0.6 is 0 Å². The predicted octanol–water partition coefficient (Wildman–Crippen LogP) is 10.8. The quantitative estimate of drug-likeness (QED) is 0.0593. The number of benzene rings is 4. The van der Waals surface area contributed by atoms with Gasteiger partial charge in [0.05, 0.1) is 0 Å². The van der Waals surface area contributed by atoms with E-state index in [0.717, 1.165) is 60.9 Å². The van der Waals surface area contributed by atoms with Crippen LogP contribution in [0.15, 0.2) is 103 Å². The molecule has 2 atom stereocenters. The van der Waals surface area contributed by atoms with Gasteiger partial charge in [0.15, 0.2) is 5.78 Å². The van der Waals surface area contributed by atoms with Gasteiger partial charge < -0.3 is 15.7 Å². The topological polar surface area (TPSA) is 98.7 Å².